The van der Waals surface area contributed by atoms with Crippen LogP contribution in [0.5, 0.6) is 5.75 Å². The van der Waals surface area contributed by atoms with Crippen LogP contribution < -0.4 is 4.74 Å². The van der Waals surface area contributed by atoms with E-state index < -0.39 is 28.1 Å². The van der Waals surface area contributed by atoms with Crippen LogP contribution in [0.25, 0.3) is 0 Å². The lowest BCUT2D eigenvalue weighted by molar-refractivity contribution is -0.387. The largest absolute Gasteiger partial charge is 0.489 e. The van der Waals surface area contributed by atoms with Gasteiger partial charge in [0, 0.05) is 17.7 Å². The fraction of sp³-hybridized carbons (Fsp3) is 0.0769. The molecule has 0 unspecified atom stereocenters. The average Bonchev–Trinajstić information content (AvgIpc) is 2.39. The van der Waals surface area contributed by atoms with E-state index in [0.717, 1.165) is 30.3 Å². The van der Waals surface area contributed by atoms with Gasteiger partial charge in [0.05, 0.1) is 4.92 Å². The molecule has 0 N–H and O–H groups in total. The predicted octanol–water partition coefficient (Wildman–Crippen LogP) is 3.59. The maximum absolute atomic E-state index is 13.3. The highest BCUT2D eigenvalue weighted by Crippen LogP contribution is 2.23. The minimum atomic E-state index is -1.06. The standard InChI is InChI=1S/C13H8F3NO3/c14-9-1-3-11(15)8(5-9)7-20-10-2-4-13(17(18)19)12(16)6-10/h1-6H,7H2. The highest BCUT2D eigenvalue weighted by atomic mass is 19.1. The van der Waals surface area contributed by atoms with Crippen molar-refractivity contribution in [2.45, 2.75) is 6.61 Å². The predicted molar refractivity (Wildman–Crippen MR) is 63.7 cm³/mol. The van der Waals surface area contributed by atoms with Gasteiger partial charge in [-0.05, 0) is 24.3 Å². The number of nitro groups is 1. The summed E-state index contributed by atoms with van der Waals surface area (Å²) >= 11 is 0. The minimum absolute atomic E-state index is 0.0169. The van der Waals surface area contributed by atoms with E-state index >= 15 is 0 Å². The number of benzene rings is 2. The van der Waals surface area contributed by atoms with Gasteiger partial charge >= 0.3 is 5.69 Å². The zero-order valence-electron chi connectivity index (χ0n) is 9.98. The van der Waals surface area contributed by atoms with Crippen LogP contribution in [0.2, 0.25) is 0 Å². The Balaban J connectivity index is 2.13. The smallest absolute Gasteiger partial charge is 0.305 e. The molecule has 0 saturated heterocycles. The molecule has 4 nitrogen and oxygen atoms in total. The fourth-order valence-corrected chi connectivity index (χ4v) is 1.54. The SMILES string of the molecule is O=[N+]([O-])c1ccc(OCc2cc(F)ccc2F)cc1F. The Labute approximate surface area is 111 Å². The van der Waals surface area contributed by atoms with E-state index in [1.54, 1.807) is 0 Å². The average molecular weight is 283 g/mol. The van der Waals surface area contributed by atoms with Crippen LogP contribution in [0.4, 0.5) is 18.9 Å². The lowest BCUT2D eigenvalue weighted by Crippen LogP contribution is -2.00. The first-order chi connectivity index (χ1) is 9.47. The van der Waals surface area contributed by atoms with Crippen LogP contribution in [-0.2, 0) is 6.61 Å². The minimum Gasteiger partial charge on any atom is -0.489 e. The van der Waals surface area contributed by atoms with E-state index in [2.05, 4.69) is 0 Å². The van der Waals surface area contributed by atoms with E-state index in [1.165, 1.54) is 6.07 Å². The summed E-state index contributed by atoms with van der Waals surface area (Å²) in [7, 11) is 0. The Morgan fingerprint density at radius 2 is 1.80 bits per heavy atom. The van der Waals surface area contributed by atoms with Gasteiger partial charge in [-0.3, -0.25) is 10.1 Å². The van der Waals surface area contributed by atoms with Crippen LogP contribution >= 0.6 is 0 Å². The summed E-state index contributed by atoms with van der Waals surface area (Å²) < 4.78 is 44.6. The molecule has 0 radical (unpaired) electrons. The Hall–Kier alpha value is -2.57. The summed E-state index contributed by atoms with van der Waals surface area (Å²) in [6.07, 6.45) is 0. The maximum Gasteiger partial charge on any atom is 0.305 e. The Morgan fingerprint density at radius 1 is 1.05 bits per heavy atom. The van der Waals surface area contributed by atoms with Crippen molar-refractivity contribution in [2.24, 2.45) is 0 Å². The third-order valence-corrected chi connectivity index (χ3v) is 2.52. The molecule has 0 aliphatic carbocycles. The normalized spacial score (nSPS) is 10.3. The first-order valence-corrected chi connectivity index (χ1v) is 5.48. The zero-order valence-corrected chi connectivity index (χ0v) is 9.98. The first-order valence-electron chi connectivity index (χ1n) is 5.48. The molecule has 0 saturated carbocycles. The summed E-state index contributed by atoms with van der Waals surface area (Å²) in [4.78, 5) is 9.56. The van der Waals surface area contributed by atoms with Gasteiger partial charge in [0.25, 0.3) is 0 Å². The molecule has 7 heteroatoms. The molecule has 2 aromatic carbocycles. The molecule has 2 aromatic rings. The van der Waals surface area contributed by atoms with Crippen molar-refractivity contribution in [3.05, 3.63) is 69.5 Å². The second-order valence-corrected chi connectivity index (χ2v) is 3.89. The zero-order chi connectivity index (χ0) is 14.7. The van der Waals surface area contributed by atoms with Crippen molar-refractivity contribution >= 4 is 5.69 Å². The van der Waals surface area contributed by atoms with Crippen molar-refractivity contribution in [1.82, 2.24) is 0 Å². The Kier molecular flexibility index (Phi) is 3.88. The lowest BCUT2D eigenvalue weighted by atomic mass is 10.2. The number of rotatable bonds is 4. The number of ether oxygens (including phenoxy) is 1. The van der Waals surface area contributed by atoms with Crippen LogP contribution in [-0.4, -0.2) is 4.92 Å². The van der Waals surface area contributed by atoms with Crippen LogP contribution in [0.1, 0.15) is 5.56 Å². The quantitative estimate of drug-likeness (QED) is 0.636. The van der Waals surface area contributed by atoms with E-state index in [0.29, 0.717) is 0 Å². The number of halogens is 3. The van der Waals surface area contributed by atoms with Gasteiger partial charge in [-0.2, -0.15) is 4.39 Å². The van der Waals surface area contributed by atoms with E-state index in [9.17, 15) is 23.3 Å². The van der Waals surface area contributed by atoms with Crippen LogP contribution in [0.3, 0.4) is 0 Å². The monoisotopic (exact) mass is 283 g/mol. The van der Waals surface area contributed by atoms with Gasteiger partial charge in [-0.25, -0.2) is 8.78 Å². The molecule has 0 aromatic heterocycles. The van der Waals surface area contributed by atoms with Crippen LogP contribution in [0.15, 0.2) is 36.4 Å². The van der Waals surface area contributed by atoms with E-state index in [1.807, 2.05) is 0 Å². The third-order valence-electron chi connectivity index (χ3n) is 2.52. The number of hydrogen-bond donors (Lipinski definition) is 0. The van der Waals surface area contributed by atoms with Crippen LogP contribution in [0, 0.1) is 27.6 Å². The molecule has 0 bridgehead atoms. The highest BCUT2D eigenvalue weighted by molar-refractivity contribution is 5.38. The van der Waals surface area contributed by atoms with Gasteiger partial charge < -0.3 is 4.74 Å². The molecule has 104 valence electrons. The molecule has 0 amide bonds. The van der Waals surface area contributed by atoms with Crippen molar-refractivity contribution in [2.75, 3.05) is 0 Å². The summed E-state index contributed by atoms with van der Waals surface area (Å²) in [5.74, 6) is -2.36. The molecule has 2 rings (SSSR count). The lowest BCUT2D eigenvalue weighted by Gasteiger charge is -2.07. The van der Waals surface area contributed by atoms with E-state index in [-0.39, 0.29) is 17.9 Å². The number of hydrogen-bond acceptors (Lipinski definition) is 3. The van der Waals surface area contributed by atoms with Gasteiger partial charge in [0.15, 0.2) is 0 Å². The summed E-state index contributed by atoms with van der Waals surface area (Å²) in [5.41, 5.74) is -0.724. The number of nitro benzene ring substituents is 1. The second-order valence-electron chi connectivity index (χ2n) is 3.89. The number of nitrogens with zero attached hydrogens (tertiary/aromatic N) is 1. The maximum atomic E-state index is 13.3. The third kappa shape index (κ3) is 3.05. The molecular weight excluding hydrogens is 275 g/mol. The van der Waals surface area contributed by atoms with Crippen molar-refractivity contribution in [1.29, 1.82) is 0 Å². The molecule has 0 heterocycles. The highest BCUT2D eigenvalue weighted by Gasteiger charge is 2.14. The summed E-state index contributed by atoms with van der Waals surface area (Å²) in [6, 6.07) is 5.80. The summed E-state index contributed by atoms with van der Waals surface area (Å²) in [6.45, 7) is -0.319. The Morgan fingerprint density at radius 3 is 2.45 bits per heavy atom. The van der Waals surface area contributed by atoms with Gasteiger partial charge in [-0.1, -0.05) is 0 Å². The molecule has 0 atom stereocenters. The van der Waals surface area contributed by atoms with Gasteiger partial charge in [-0.15, -0.1) is 0 Å². The first kappa shape index (κ1) is 13.9. The fourth-order valence-electron chi connectivity index (χ4n) is 1.54. The molecule has 0 aliphatic rings. The van der Waals surface area contributed by atoms with Crippen molar-refractivity contribution < 1.29 is 22.8 Å². The molecular formula is C13H8F3NO3. The van der Waals surface area contributed by atoms with Gasteiger partial charge in [0.2, 0.25) is 5.82 Å². The molecule has 0 aliphatic heterocycles. The molecule has 20 heavy (non-hydrogen) atoms. The second kappa shape index (κ2) is 5.60. The van der Waals surface area contributed by atoms with Gasteiger partial charge in [0.1, 0.15) is 24.0 Å². The molecule has 0 spiro atoms. The van der Waals surface area contributed by atoms with E-state index in [4.69, 9.17) is 4.74 Å². The molecule has 0 fully saturated rings. The van der Waals surface area contributed by atoms with Crippen molar-refractivity contribution in [3.8, 4) is 5.75 Å². The summed E-state index contributed by atoms with van der Waals surface area (Å²) in [5, 5.41) is 10.4. The Bertz CT molecular complexity index is 661. The topological polar surface area (TPSA) is 52.4 Å². The van der Waals surface area contributed by atoms with Crippen molar-refractivity contribution in [3.63, 3.8) is 0 Å².